The van der Waals surface area contributed by atoms with Gasteiger partial charge in [0.15, 0.2) is 0 Å². The zero-order chi connectivity index (χ0) is 11.5. The van der Waals surface area contributed by atoms with Gasteiger partial charge in [-0.05, 0) is 23.6 Å². The Bertz CT molecular complexity index is 331. The fourth-order valence-corrected chi connectivity index (χ4v) is 1.56. The number of rotatable bonds is 3. The highest BCUT2D eigenvalue weighted by molar-refractivity contribution is 6.30. The summed E-state index contributed by atoms with van der Waals surface area (Å²) >= 11 is 5.98. The Hall–Kier alpha value is -0.730. The summed E-state index contributed by atoms with van der Waals surface area (Å²) in [5.74, 6) is 0.873. The first-order valence-electron chi connectivity index (χ1n) is 5.08. The number of benzene rings is 1. The van der Waals surface area contributed by atoms with Gasteiger partial charge in [0.2, 0.25) is 0 Å². The SMILES string of the molecule is CC(C)(C)c1cc(Cl)ccc1OCCN. The highest BCUT2D eigenvalue weighted by Gasteiger charge is 2.19. The van der Waals surface area contributed by atoms with Crippen LogP contribution in [0.25, 0.3) is 0 Å². The number of ether oxygens (including phenoxy) is 1. The van der Waals surface area contributed by atoms with E-state index >= 15 is 0 Å². The van der Waals surface area contributed by atoms with Crippen molar-refractivity contribution in [1.82, 2.24) is 0 Å². The second-order valence-electron chi connectivity index (χ2n) is 4.53. The fourth-order valence-electron chi connectivity index (χ4n) is 1.38. The third-order valence-electron chi connectivity index (χ3n) is 2.13. The molecule has 0 atom stereocenters. The quantitative estimate of drug-likeness (QED) is 0.862. The van der Waals surface area contributed by atoms with Crippen LogP contribution in [-0.2, 0) is 5.41 Å². The minimum absolute atomic E-state index is 0.0227. The second kappa shape index (κ2) is 4.86. The Morgan fingerprint density at radius 1 is 1.33 bits per heavy atom. The first kappa shape index (κ1) is 12.3. The van der Waals surface area contributed by atoms with Gasteiger partial charge in [0.25, 0.3) is 0 Å². The second-order valence-corrected chi connectivity index (χ2v) is 4.96. The maximum atomic E-state index is 5.98. The van der Waals surface area contributed by atoms with Crippen LogP contribution in [0, 0.1) is 0 Å². The molecule has 0 bridgehead atoms. The van der Waals surface area contributed by atoms with Crippen LogP contribution in [0.5, 0.6) is 5.75 Å². The normalized spacial score (nSPS) is 11.5. The van der Waals surface area contributed by atoms with E-state index in [1.807, 2.05) is 18.2 Å². The molecule has 2 N–H and O–H groups in total. The average molecular weight is 228 g/mol. The molecule has 0 fully saturated rings. The molecule has 1 rings (SSSR count). The van der Waals surface area contributed by atoms with Crippen LogP contribution >= 0.6 is 11.6 Å². The molecule has 1 aromatic carbocycles. The van der Waals surface area contributed by atoms with Crippen molar-refractivity contribution in [2.24, 2.45) is 5.73 Å². The first-order valence-corrected chi connectivity index (χ1v) is 5.46. The topological polar surface area (TPSA) is 35.2 Å². The molecule has 3 heteroatoms. The molecule has 0 saturated carbocycles. The number of halogens is 1. The van der Waals surface area contributed by atoms with E-state index in [2.05, 4.69) is 20.8 Å². The highest BCUT2D eigenvalue weighted by Crippen LogP contribution is 2.33. The minimum Gasteiger partial charge on any atom is -0.492 e. The van der Waals surface area contributed by atoms with Crippen molar-refractivity contribution in [3.05, 3.63) is 28.8 Å². The molecule has 0 radical (unpaired) electrons. The van der Waals surface area contributed by atoms with Gasteiger partial charge >= 0.3 is 0 Å². The van der Waals surface area contributed by atoms with Gasteiger partial charge in [0.1, 0.15) is 12.4 Å². The Kier molecular flexibility index (Phi) is 4.00. The monoisotopic (exact) mass is 227 g/mol. The maximum absolute atomic E-state index is 5.98. The minimum atomic E-state index is 0.0227. The van der Waals surface area contributed by atoms with E-state index in [-0.39, 0.29) is 5.41 Å². The van der Waals surface area contributed by atoms with Crippen LogP contribution in [0.15, 0.2) is 18.2 Å². The van der Waals surface area contributed by atoms with Crippen molar-refractivity contribution in [3.63, 3.8) is 0 Å². The van der Waals surface area contributed by atoms with Gasteiger partial charge in [-0.1, -0.05) is 32.4 Å². The molecule has 15 heavy (non-hydrogen) atoms. The summed E-state index contributed by atoms with van der Waals surface area (Å²) < 4.78 is 5.58. The predicted octanol–water partition coefficient (Wildman–Crippen LogP) is 2.98. The lowest BCUT2D eigenvalue weighted by atomic mass is 9.86. The summed E-state index contributed by atoms with van der Waals surface area (Å²) in [6.07, 6.45) is 0. The third-order valence-corrected chi connectivity index (χ3v) is 2.36. The van der Waals surface area contributed by atoms with E-state index in [1.165, 1.54) is 0 Å². The average Bonchev–Trinajstić information content (AvgIpc) is 2.14. The van der Waals surface area contributed by atoms with Crippen molar-refractivity contribution in [2.45, 2.75) is 26.2 Å². The fraction of sp³-hybridized carbons (Fsp3) is 0.500. The molecule has 0 saturated heterocycles. The van der Waals surface area contributed by atoms with E-state index in [9.17, 15) is 0 Å². The summed E-state index contributed by atoms with van der Waals surface area (Å²) in [4.78, 5) is 0. The Balaban J connectivity index is 3.04. The van der Waals surface area contributed by atoms with E-state index in [0.29, 0.717) is 13.2 Å². The lowest BCUT2D eigenvalue weighted by Gasteiger charge is -2.23. The third kappa shape index (κ3) is 3.40. The molecule has 0 amide bonds. The van der Waals surface area contributed by atoms with Crippen molar-refractivity contribution < 1.29 is 4.74 Å². The van der Waals surface area contributed by atoms with E-state index in [4.69, 9.17) is 22.1 Å². The predicted molar refractivity (Wildman–Crippen MR) is 64.7 cm³/mol. The summed E-state index contributed by atoms with van der Waals surface area (Å²) in [6.45, 7) is 7.45. The Morgan fingerprint density at radius 2 is 2.00 bits per heavy atom. The van der Waals surface area contributed by atoms with Crippen molar-refractivity contribution in [2.75, 3.05) is 13.2 Å². The molecule has 2 nitrogen and oxygen atoms in total. The van der Waals surface area contributed by atoms with Crippen LogP contribution in [0.2, 0.25) is 5.02 Å². The summed E-state index contributed by atoms with van der Waals surface area (Å²) in [6, 6.07) is 5.69. The van der Waals surface area contributed by atoms with Crippen LogP contribution in [0.3, 0.4) is 0 Å². The first-order chi connectivity index (χ1) is 6.95. The molecule has 0 aliphatic heterocycles. The summed E-state index contributed by atoms with van der Waals surface area (Å²) in [5, 5.41) is 0.736. The van der Waals surface area contributed by atoms with Crippen LogP contribution in [0.4, 0.5) is 0 Å². The van der Waals surface area contributed by atoms with E-state index < -0.39 is 0 Å². The van der Waals surface area contributed by atoms with Gasteiger partial charge in [-0.2, -0.15) is 0 Å². The van der Waals surface area contributed by atoms with Crippen molar-refractivity contribution >= 4 is 11.6 Å². The molecule has 0 aromatic heterocycles. The summed E-state index contributed by atoms with van der Waals surface area (Å²) in [7, 11) is 0. The smallest absolute Gasteiger partial charge is 0.123 e. The highest BCUT2D eigenvalue weighted by atomic mass is 35.5. The molecular formula is C12H18ClNO. The standard InChI is InChI=1S/C12H18ClNO/c1-12(2,3)10-8-9(13)4-5-11(10)15-7-6-14/h4-5,8H,6-7,14H2,1-3H3. The van der Waals surface area contributed by atoms with Crippen LogP contribution in [0.1, 0.15) is 26.3 Å². The van der Waals surface area contributed by atoms with Crippen LogP contribution in [-0.4, -0.2) is 13.2 Å². The largest absolute Gasteiger partial charge is 0.492 e. The number of hydrogen-bond acceptors (Lipinski definition) is 2. The van der Waals surface area contributed by atoms with Crippen LogP contribution < -0.4 is 10.5 Å². The zero-order valence-electron chi connectivity index (χ0n) is 9.51. The van der Waals surface area contributed by atoms with Crippen molar-refractivity contribution in [3.8, 4) is 5.75 Å². The lowest BCUT2D eigenvalue weighted by Crippen LogP contribution is -2.16. The lowest BCUT2D eigenvalue weighted by molar-refractivity contribution is 0.319. The Labute approximate surface area is 96.4 Å². The summed E-state index contributed by atoms with van der Waals surface area (Å²) in [5.41, 5.74) is 6.55. The van der Waals surface area contributed by atoms with Gasteiger partial charge in [-0.25, -0.2) is 0 Å². The van der Waals surface area contributed by atoms with Crippen molar-refractivity contribution in [1.29, 1.82) is 0 Å². The molecule has 0 spiro atoms. The maximum Gasteiger partial charge on any atom is 0.123 e. The molecule has 0 aliphatic carbocycles. The van der Waals surface area contributed by atoms with Gasteiger partial charge in [0, 0.05) is 17.1 Å². The van der Waals surface area contributed by atoms with Gasteiger partial charge < -0.3 is 10.5 Å². The molecule has 1 aromatic rings. The molecule has 0 aliphatic rings. The Morgan fingerprint density at radius 3 is 2.53 bits per heavy atom. The zero-order valence-corrected chi connectivity index (χ0v) is 10.3. The number of nitrogens with two attached hydrogens (primary N) is 1. The van der Waals surface area contributed by atoms with E-state index in [1.54, 1.807) is 0 Å². The van der Waals surface area contributed by atoms with E-state index in [0.717, 1.165) is 16.3 Å². The number of hydrogen-bond donors (Lipinski definition) is 1. The van der Waals surface area contributed by atoms with Gasteiger partial charge in [-0.15, -0.1) is 0 Å². The molecular weight excluding hydrogens is 210 g/mol. The molecule has 0 unspecified atom stereocenters. The van der Waals surface area contributed by atoms with Gasteiger partial charge in [-0.3, -0.25) is 0 Å². The molecule has 0 heterocycles. The van der Waals surface area contributed by atoms with Gasteiger partial charge in [0.05, 0.1) is 0 Å². The molecule has 84 valence electrons.